The third kappa shape index (κ3) is 4.44. The Hall–Kier alpha value is -3.09. The maximum atomic E-state index is 11.2. The summed E-state index contributed by atoms with van der Waals surface area (Å²) >= 11 is 0. The lowest BCUT2D eigenvalue weighted by molar-refractivity contribution is -0.132. The number of esters is 1. The maximum Gasteiger partial charge on any atom is 0.308 e. The van der Waals surface area contributed by atoms with Gasteiger partial charge in [-0.05, 0) is 24.3 Å². The summed E-state index contributed by atoms with van der Waals surface area (Å²) in [5.41, 5.74) is 3.51. The second-order valence-electron chi connectivity index (χ2n) is 4.43. The standard InChI is InChI=1S/C16H17N3O4/c1-11(20)23-16-13(21-2)8-12(9-14(16)22-3)10-18-19-15-6-4-5-7-17-15/h4-10H,1-3H3,(H,17,19)/b18-10+. The minimum Gasteiger partial charge on any atom is -0.493 e. The van der Waals surface area contributed by atoms with Gasteiger partial charge in [0, 0.05) is 18.7 Å². The van der Waals surface area contributed by atoms with Gasteiger partial charge in [0.2, 0.25) is 5.75 Å². The van der Waals surface area contributed by atoms with Crippen LogP contribution in [-0.4, -0.2) is 31.4 Å². The van der Waals surface area contributed by atoms with E-state index < -0.39 is 5.97 Å². The molecule has 120 valence electrons. The Labute approximate surface area is 133 Å². The topological polar surface area (TPSA) is 82.0 Å². The fraction of sp³-hybridized carbons (Fsp3) is 0.188. The van der Waals surface area contributed by atoms with Crippen molar-refractivity contribution in [1.29, 1.82) is 0 Å². The number of hydrogen-bond donors (Lipinski definition) is 1. The van der Waals surface area contributed by atoms with E-state index in [1.807, 2.05) is 12.1 Å². The second-order valence-corrected chi connectivity index (χ2v) is 4.43. The maximum absolute atomic E-state index is 11.2. The molecular formula is C16H17N3O4. The van der Waals surface area contributed by atoms with Crippen molar-refractivity contribution in [1.82, 2.24) is 4.98 Å². The molecule has 0 fully saturated rings. The summed E-state index contributed by atoms with van der Waals surface area (Å²) in [5, 5.41) is 4.10. The molecule has 0 aliphatic heterocycles. The number of benzene rings is 1. The number of carbonyl (C=O) groups excluding carboxylic acids is 1. The summed E-state index contributed by atoms with van der Waals surface area (Å²) in [6, 6.07) is 8.83. The van der Waals surface area contributed by atoms with Crippen molar-refractivity contribution < 1.29 is 19.0 Å². The van der Waals surface area contributed by atoms with Gasteiger partial charge >= 0.3 is 5.97 Å². The summed E-state index contributed by atoms with van der Waals surface area (Å²) in [7, 11) is 2.96. The van der Waals surface area contributed by atoms with Gasteiger partial charge in [0.05, 0.1) is 20.4 Å². The smallest absolute Gasteiger partial charge is 0.308 e. The van der Waals surface area contributed by atoms with E-state index in [4.69, 9.17) is 14.2 Å². The van der Waals surface area contributed by atoms with Gasteiger partial charge in [-0.3, -0.25) is 10.2 Å². The van der Waals surface area contributed by atoms with Crippen molar-refractivity contribution in [3.05, 3.63) is 42.1 Å². The summed E-state index contributed by atoms with van der Waals surface area (Å²) in [5.74, 6) is 1.15. The average molecular weight is 315 g/mol. The lowest BCUT2D eigenvalue weighted by Crippen LogP contribution is -2.05. The quantitative estimate of drug-likeness (QED) is 0.382. The predicted octanol–water partition coefficient (Wildman–Crippen LogP) is 2.47. The van der Waals surface area contributed by atoms with E-state index in [2.05, 4.69) is 15.5 Å². The highest BCUT2D eigenvalue weighted by molar-refractivity contribution is 5.83. The fourth-order valence-electron chi connectivity index (χ4n) is 1.82. The van der Waals surface area contributed by atoms with Crippen molar-refractivity contribution in [2.24, 2.45) is 5.10 Å². The Balaban J connectivity index is 2.23. The van der Waals surface area contributed by atoms with E-state index in [0.717, 1.165) is 0 Å². The Morgan fingerprint density at radius 3 is 2.43 bits per heavy atom. The van der Waals surface area contributed by atoms with Gasteiger partial charge in [0.15, 0.2) is 11.5 Å². The number of nitrogens with one attached hydrogen (secondary N) is 1. The number of anilines is 1. The van der Waals surface area contributed by atoms with Gasteiger partial charge in [-0.25, -0.2) is 4.98 Å². The van der Waals surface area contributed by atoms with Crippen LogP contribution in [0.5, 0.6) is 17.2 Å². The average Bonchev–Trinajstić information content (AvgIpc) is 2.56. The molecule has 0 radical (unpaired) electrons. The number of ether oxygens (including phenoxy) is 3. The molecule has 2 aromatic rings. The molecule has 7 heteroatoms. The van der Waals surface area contributed by atoms with Crippen molar-refractivity contribution in [3.63, 3.8) is 0 Å². The summed E-state index contributed by atoms with van der Waals surface area (Å²) in [6.45, 7) is 1.31. The number of methoxy groups -OCH3 is 2. The van der Waals surface area contributed by atoms with Crippen LogP contribution in [0.2, 0.25) is 0 Å². The summed E-state index contributed by atoms with van der Waals surface area (Å²) < 4.78 is 15.6. The van der Waals surface area contributed by atoms with E-state index in [1.54, 1.807) is 30.6 Å². The first kappa shape index (κ1) is 16.3. The first-order valence-corrected chi connectivity index (χ1v) is 6.78. The van der Waals surface area contributed by atoms with Crippen molar-refractivity contribution in [3.8, 4) is 17.2 Å². The van der Waals surface area contributed by atoms with Gasteiger partial charge in [-0.15, -0.1) is 0 Å². The van der Waals surface area contributed by atoms with Crippen LogP contribution in [0, 0.1) is 0 Å². The molecule has 0 amide bonds. The van der Waals surface area contributed by atoms with Crippen LogP contribution in [0.1, 0.15) is 12.5 Å². The molecule has 1 N–H and O–H groups in total. The monoisotopic (exact) mass is 315 g/mol. The SMILES string of the molecule is COc1cc(/C=N/Nc2ccccn2)cc(OC)c1OC(C)=O. The van der Waals surface area contributed by atoms with Crippen LogP contribution >= 0.6 is 0 Å². The number of nitrogens with zero attached hydrogens (tertiary/aromatic N) is 2. The molecule has 0 aliphatic carbocycles. The molecule has 1 heterocycles. The minimum atomic E-state index is -0.458. The van der Waals surface area contributed by atoms with E-state index >= 15 is 0 Å². The Morgan fingerprint density at radius 1 is 1.22 bits per heavy atom. The molecular weight excluding hydrogens is 298 g/mol. The largest absolute Gasteiger partial charge is 0.493 e. The molecule has 7 nitrogen and oxygen atoms in total. The molecule has 0 aliphatic rings. The molecule has 0 saturated carbocycles. The summed E-state index contributed by atoms with van der Waals surface area (Å²) in [6.07, 6.45) is 3.25. The third-order valence-electron chi connectivity index (χ3n) is 2.79. The first-order chi connectivity index (χ1) is 11.1. The van der Waals surface area contributed by atoms with Crippen LogP contribution < -0.4 is 19.6 Å². The Bertz CT molecular complexity index is 677. The van der Waals surface area contributed by atoms with Gasteiger partial charge in [0.25, 0.3) is 0 Å². The molecule has 2 rings (SSSR count). The van der Waals surface area contributed by atoms with Crippen LogP contribution in [0.3, 0.4) is 0 Å². The van der Waals surface area contributed by atoms with Gasteiger partial charge in [-0.1, -0.05) is 6.07 Å². The van der Waals surface area contributed by atoms with Crippen molar-refractivity contribution in [2.75, 3.05) is 19.6 Å². The Kier molecular flexibility index (Phi) is 5.51. The van der Waals surface area contributed by atoms with E-state index in [-0.39, 0.29) is 5.75 Å². The number of hydrogen-bond acceptors (Lipinski definition) is 7. The van der Waals surface area contributed by atoms with Gasteiger partial charge in [0.1, 0.15) is 5.82 Å². The van der Waals surface area contributed by atoms with Crippen LogP contribution in [-0.2, 0) is 4.79 Å². The van der Waals surface area contributed by atoms with Gasteiger partial charge < -0.3 is 14.2 Å². The van der Waals surface area contributed by atoms with Gasteiger partial charge in [-0.2, -0.15) is 5.10 Å². The summed E-state index contributed by atoms with van der Waals surface area (Å²) in [4.78, 5) is 15.3. The molecule has 0 saturated heterocycles. The van der Waals surface area contributed by atoms with E-state index in [0.29, 0.717) is 22.9 Å². The lowest BCUT2D eigenvalue weighted by Gasteiger charge is -2.13. The number of hydrazone groups is 1. The zero-order chi connectivity index (χ0) is 16.7. The molecule has 1 aromatic carbocycles. The van der Waals surface area contributed by atoms with E-state index in [1.165, 1.54) is 21.1 Å². The highest BCUT2D eigenvalue weighted by Crippen LogP contribution is 2.38. The zero-order valence-corrected chi connectivity index (χ0v) is 13.1. The Morgan fingerprint density at radius 2 is 1.91 bits per heavy atom. The normalized spacial score (nSPS) is 10.4. The zero-order valence-electron chi connectivity index (χ0n) is 13.1. The van der Waals surface area contributed by atoms with Crippen LogP contribution in [0.15, 0.2) is 41.6 Å². The number of carbonyl (C=O) groups is 1. The van der Waals surface area contributed by atoms with Crippen LogP contribution in [0.4, 0.5) is 5.82 Å². The molecule has 0 unspecified atom stereocenters. The lowest BCUT2D eigenvalue weighted by atomic mass is 10.2. The van der Waals surface area contributed by atoms with E-state index in [9.17, 15) is 4.79 Å². The van der Waals surface area contributed by atoms with Crippen LogP contribution in [0.25, 0.3) is 0 Å². The minimum absolute atomic E-state index is 0.234. The van der Waals surface area contributed by atoms with Crippen molar-refractivity contribution >= 4 is 18.0 Å². The first-order valence-electron chi connectivity index (χ1n) is 6.78. The molecule has 1 aromatic heterocycles. The highest BCUT2D eigenvalue weighted by atomic mass is 16.6. The molecule has 0 atom stereocenters. The molecule has 23 heavy (non-hydrogen) atoms. The highest BCUT2D eigenvalue weighted by Gasteiger charge is 2.15. The molecule has 0 spiro atoms. The fourth-order valence-corrected chi connectivity index (χ4v) is 1.82. The number of pyridine rings is 1. The predicted molar refractivity (Wildman–Crippen MR) is 86.3 cm³/mol. The molecule has 0 bridgehead atoms. The second kappa shape index (κ2) is 7.79. The number of rotatable bonds is 6. The van der Waals surface area contributed by atoms with Crippen molar-refractivity contribution in [2.45, 2.75) is 6.92 Å². The third-order valence-corrected chi connectivity index (χ3v) is 2.79. The number of aromatic nitrogens is 1.